The van der Waals surface area contributed by atoms with Crippen molar-refractivity contribution in [1.82, 2.24) is 0 Å². The smallest absolute Gasteiger partial charge is 0.314 e. The molecule has 7 atom stereocenters. The summed E-state index contributed by atoms with van der Waals surface area (Å²) in [6.45, 7) is 8.03. The number of esters is 1. The number of ether oxygens (including phenoxy) is 2. The topological polar surface area (TPSA) is 35.5 Å². The van der Waals surface area contributed by atoms with E-state index in [1.54, 1.807) is 0 Å². The van der Waals surface area contributed by atoms with Crippen molar-refractivity contribution in [2.45, 2.75) is 97.9 Å². The average molecular weight is 349 g/mol. The summed E-state index contributed by atoms with van der Waals surface area (Å²) in [6, 6.07) is 0. The van der Waals surface area contributed by atoms with Gasteiger partial charge in [-0.1, -0.05) is 13.8 Å². The molecular formula is C22H36O3. The van der Waals surface area contributed by atoms with Gasteiger partial charge in [-0.2, -0.15) is 0 Å². The van der Waals surface area contributed by atoms with Crippen LogP contribution in [0.25, 0.3) is 0 Å². The van der Waals surface area contributed by atoms with E-state index in [1.807, 2.05) is 13.8 Å². The summed E-state index contributed by atoms with van der Waals surface area (Å²) in [5.41, 5.74) is 0.208. The number of hydrogen-bond acceptors (Lipinski definition) is 3. The maximum absolute atomic E-state index is 12.5. The maximum atomic E-state index is 12.5. The minimum atomic E-state index is -0.416. The lowest BCUT2D eigenvalue weighted by Gasteiger charge is -2.47. The van der Waals surface area contributed by atoms with Crippen LogP contribution in [0.5, 0.6) is 0 Å². The molecule has 0 radical (unpaired) electrons. The Kier molecular flexibility index (Phi) is 4.46. The maximum Gasteiger partial charge on any atom is 0.314 e. The zero-order valence-electron chi connectivity index (χ0n) is 16.6. The van der Waals surface area contributed by atoms with E-state index in [1.165, 1.54) is 44.9 Å². The molecule has 4 aliphatic carbocycles. The van der Waals surface area contributed by atoms with Gasteiger partial charge in [-0.05, 0) is 101 Å². The average Bonchev–Trinajstić information content (AvgIpc) is 3.25. The molecule has 4 rings (SSSR count). The molecule has 0 N–H and O–H groups in total. The molecule has 0 aromatic carbocycles. The van der Waals surface area contributed by atoms with Gasteiger partial charge in [0.25, 0.3) is 0 Å². The summed E-state index contributed by atoms with van der Waals surface area (Å²) >= 11 is 0. The van der Waals surface area contributed by atoms with Crippen LogP contribution in [-0.4, -0.2) is 18.4 Å². The van der Waals surface area contributed by atoms with Crippen LogP contribution in [0.4, 0.5) is 0 Å². The molecule has 0 aromatic heterocycles. The Morgan fingerprint density at radius 2 is 1.88 bits per heavy atom. The minimum Gasteiger partial charge on any atom is -0.436 e. The second-order valence-electron chi connectivity index (χ2n) is 9.77. The Morgan fingerprint density at radius 3 is 2.60 bits per heavy atom. The van der Waals surface area contributed by atoms with Crippen LogP contribution in [0, 0.1) is 34.5 Å². The second kappa shape index (κ2) is 6.25. The Hall–Kier alpha value is -0.570. The Labute approximate surface area is 153 Å². The molecule has 25 heavy (non-hydrogen) atoms. The molecule has 0 saturated heterocycles. The second-order valence-corrected chi connectivity index (χ2v) is 9.77. The van der Waals surface area contributed by atoms with E-state index in [0.29, 0.717) is 11.5 Å². The van der Waals surface area contributed by atoms with E-state index in [4.69, 9.17) is 9.47 Å². The lowest BCUT2D eigenvalue weighted by Crippen LogP contribution is -2.44. The Bertz CT molecular complexity index is 525. The number of carbonyl (C=O) groups excluding carboxylic acids is 1. The summed E-state index contributed by atoms with van der Waals surface area (Å²) < 4.78 is 12.0. The van der Waals surface area contributed by atoms with Crippen LogP contribution in [-0.2, 0) is 14.3 Å². The standard InChI is InChI=1S/C22H36O3/c1-5-21(4,6-2)20(23)25-14(3)24-18-12-16-9-10-22(13-18)17-8-7-15(11-17)19(16)22/h14-19H,5-13H2,1-4H3. The molecule has 7 unspecified atom stereocenters. The number of fused-ring (bicyclic) bond motifs is 2. The zero-order valence-corrected chi connectivity index (χ0v) is 16.6. The monoisotopic (exact) mass is 348 g/mol. The van der Waals surface area contributed by atoms with Crippen molar-refractivity contribution in [2.24, 2.45) is 34.5 Å². The highest BCUT2D eigenvalue weighted by molar-refractivity contribution is 5.76. The van der Waals surface area contributed by atoms with E-state index in [2.05, 4.69) is 13.8 Å². The van der Waals surface area contributed by atoms with Crippen molar-refractivity contribution in [3.63, 3.8) is 0 Å². The number of rotatable bonds is 6. The van der Waals surface area contributed by atoms with Crippen LogP contribution < -0.4 is 0 Å². The van der Waals surface area contributed by atoms with Gasteiger partial charge >= 0.3 is 5.97 Å². The third-order valence-corrected chi connectivity index (χ3v) is 8.83. The lowest BCUT2D eigenvalue weighted by molar-refractivity contribution is -0.204. The van der Waals surface area contributed by atoms with Crippen LogP contribution in [0.15, 0.2) is 0 Å². The number of hydrogen-bond donors (Lipinski definition) is 0. The first-order chi connectivity index (χ1) is 11.9. The first-order valence-corrected chi connectivity index (χ1v) is 10.8. The fourth-order valence-electron chi connectivity index (χ4n) is 7.21. The van der Waals surface area contributed by atoms with Crippen LogP contribution in [0.2, 0.25) is 0 Å². The number of carbonyl (C=O) groups is 1. The SMILES string of the molecule is CCC(C)(CC)C(=O)OC(C)OC1CC2CCC3(C1)C1CCC(C1)C23. The van der Waals surface area contributed by atoms with Gasteiger partial charge in [0.05, 0.1) is 11.5 Å². The summed E-state index contributed by atoms with van der Waals surface area (Å²) in [5, 5.41) is 0. The third-order valence-electron chi connectivity index (χ3n) is 8.83. The highest BCUT2D eigenvalue weighted by atomic mass is 16.7. The van der Waals surface area contributed by atoms with Gasteiger partial charge in [-0.25, -0.2) is 0 Å². The van der Waals surface area contributed by atoms with E-state index >= 15 is 0 Å². The molecule has 0 amide bonds. The fourth-order valence-corrected chi connectivity index (χ4v) is 7.21. The van der Waals surface area contributed by atoms with Crippen molar-refractivity contribution < 1.29 is 14.3 Å². The van der Waals surface area contributed by atoms with E-state index < -0.39 is 6.29 Å². The normalized spacial score (nSPS) is 43.1. The molecule has 0 heterocycles. The molecule has 4 bridgehead atoms. The molecule has 0 aliphatic heterocycles. The summed E-state index contributed by atoms with van der Waals surface area (Å²) in [7, 11) is 0. The van der Waals surface area contributed by atoms with Crippen LogP contribution in [0.3, 0.4) is 0 Å². The van der Waals surface area contributed by atoms with Crippen LogP contribution in [0.1, 0.15) is 85.5 Å². The lowest BCUT2D eigenvalue weighted by atomic mass is 9.60. The van der Waals surface area contributed by atoms with Crippen molar-refractivity contribution in [1.29, 1.82) is 0 Å². The van der Waals surface area contributed by atoms with Gasteiger partial charge in [0.1, 0.15) is 0 Å². The van der Waals surface area contributed by atoms with E-state index in [0.717, 1.165) is 36.5 Å². The molecular weight excluding hydrogens is 312 g/mol. The summed E-state index contributed by atoms with van der Waals surface area (Å²) in [4.78, 5) is 12.5. The first kappa shape index (κ1) is 17.8. The summed E-state index contributed by atoms with van der Waals surface area (Å²) in [6.07, 6.45) is 11.2. The van der Waals surface area contributed by atoms with Gasteiger partial charge in [0.15, 0.2) is 6.29 Å². The highest BCUT2D eigenvalue weighted by Gasteiger charge is 2.65. The Balaban J connectivity index is 1.37. The van der Waals surface area contributed by atoms with Gasteiger partial charge < -0.3 is 9.47 Å². The predicted molar refractivity (Wildman–Crippen MR) is 97.8 cm³/mol. The van der Waals surface area contributed by atoms with Gasteiger partial charge in [-0.3, -0.25) is 4.79 Å². The molecule has 142 valence electrons. The van der Waals surface area contributed by atoms with E-state index in [9.17, 15) is 4.79 Å². The zero-order chi connectivity index (χ0) is 17.8. The van der Waals surface area contributed by atoms with Gasteiger partial charge in [-0.15, -0.1) is 0 Å². The van der Waals surface area contributed by atoms with Gasteiger partial charge in [0.2, 0.25) is 0 Å². The predicted octanol–water partition coefficient (Wildman–Crippen LogP) is 5.32. The van der Waals surface area contributed by atoms with Crippen molar-refractivity contribution in [2.75, 3.05) is 0 Å². The van der Waals surface area contributed by atoms with Gasteiger partial charge in [0, 0.05) is 0 Å². The molecule has 0 spiro atoms. The molecule has 4 fully saturated rings. The van der Waals surface area contributed by atoms with E-state index in [-0.39, 0.29) is 11.4 Å². The summed E-state index contributed by atoms with van der Waals surface area (Å²) in [5.74, 6) is 3.74. The van der Waals surface area contributed by atoms with Crippen molar-refractivity contribution >= 4 is 5.97 Å². The Morgan fingerprint density at radius 1 is 1.16 bits per heavy atom. The molecule has 3 heteroatoms. The molecule has 4 aliphatic rings. The van der Waals surface area contributed by atoms with Crippen molar-refractivity contribution in [3.8, 4) is 0 Å². The third kappa shape index (κ3) is 2.67. The highest BCUT2D eigenvalue weighted by Crippen LogP contribution is 2.72. The minimum absolute atomic E-state index is 0.0975. The first-order valence-electron chi connectivity index (χ1n) is 10.8. The molecule has 4 saturated carbocycles. The van der Waals surface area contributed by atoms with Crippen molar-refractivity contribution in [3.05, 3.63) is 0 Å². The molecule has 3 nitrogen and oxygen atoms in total. The largest absolute Gasteiger partial charge is 0.436 e. The quantitative estimate of drug-likeness (QED) is 0.481. The molecule has 0 aromatic rings. The fraction of sp³-hybridized carbons (Fsp3) is 0.955. The van der Waals surface area contributed by atoms with Crippen LogP contribution >= 0.6 is 0 Å².